The molecule has 5 rings (SSSR count). The van der Waals surface area contributed by atoms with Crippen LogP contribution < -0.4 is 0 Å². The van der Waals surface area contributed by atoms with E-state index in [1.54, 1.807) is 12.4 Å². The molecule has 1 aromatic heterocycles. The molecule has 3 heteroatoms. The van der Waals surface area contributed by atoms with Crippen LogP contribution >= 0.6 is 0 Å². The molecule has 3 nitrogen and oxygen atoms in total. The molecule has 0 bridgehead atoms. The highest BCUT2D eigenvalue weighted by molar-refractivity contribution is 5.91. The van der Waals surface area contributed by atoms with E-state index in [0.717, 1.165) is 50.5 Å². The summed E-state index contributed by atoms with van der Waals surface area (Å²) in [6.45, 7) is 4.67. The van der Waals surface area contributed by atoms with Crippen molar-refractivity contribution in [3.8, 4) is 11.8 Å². The Balaban J connectivity index is 1.46. The minimum absolute atomic E-state index is 0.145. The van der Waals surface area contributed by atoms with Gasteiger partial charge in [0.2, 0.25) is 0 Å². The maximum atomic E-state index is 12.0. The quantitative estimate of drug-likeness (QED) is 0.662. The minimum Gasteiger partial charge on any atom is -0.377 e. The van der Waals surface area contributed by atoms with Crippen LogP contribution in [0.15, 0.2) is 36.2 Å². The lowest BCUT2D eigenvalue weighted by Gasteiger charge is -2.56. The van der Waals surface area contributed by atoms with E-state index >= 15 is 0 Å². The van der Waals surface area contributed by atoms with Gasteiger partial charge in [-0.15, -0.1) is 0 Å². The molecule has 1 unspecified atom stereocenters. The number of rotatable bonds is 0. The number of aliphatic hydroxyl groups is 1. The predicted molar refractivity (Wildman–Crippen MR) is 113 cm³/mol. The number of carbonyl (C=O) groups excluding carboxylic acids is 1. The summed E-state index contributed by atoms with van der Waals surface area (Å²) in [6, 6.07) is 3.81. The molecule has 0 amide bonds. The van der Waals surface area contributed by atoms with E-state index in [2.05, 4.69) is 30.7 Å². The van der Waals surface area contributed by atoms with Gasteiger partial charge in [-0.2, -0.15) is 0 Å². The molecule has 152 valence electrons. The fourth-order valence-electron chi connectivity index (χ4n) is 7.42. The van der Waals surface area contributed by atoms with Gasteiger partial charge >= 0.3 is 0 Å². The molecule has 0 aromatic carbocycles. The fraction of sp³-hybridized carbons (Fsp3) is 0.615. The van der Waals surface area contributed by atoms with Gasteiger partial charge < -0.3 is 5.11 Å². The molecule has 4 aliphatic rings. The average Bonchev–Trinajstić information content (AvgIpc) is 2.98. The first-order valence-corrected chi connectivity index (χ1v) is 11.3. The van der Waals surface area contributed by atoms with Crippen LogP contribution in [0, 0.1) is 46.8 Å². The largest absolute Gasteiger partial charge is 0.377 e. The smallest absolute Gasteiger partial charge is 0.155 e. The van der Waals surface area contributed by atoms with E-state index in [1.807, 2.05) is 18.2 Å². The van der Waals surface area contributed by atoms with Crippen molar-refractivity contribution in [1.29, 1.82) is 0 Å². The lowest BCUT2D eigenvalue weighted by atomic mass is 9.48. The third kappa shape index (κ3) is 2.91. The highest BCUT2D eigenvalue weighted by atomic mass is 16.3. The number of nitrogens with zero attached hydrogens (tertiary/aromatic N) is 1. The minimum atomic E-state index is -0.912. The van der Waals surface area contributed by atoms with Gasteiger partial charge in [-0.25, -0.2) is 0 Å². The van der Waals surface area contributed by atoms with Gasteiger partial charge in [0, 0.05) is 29.8 Å². The Hall–Kier alpha value is -1.92. The standard InChI is InChI=1S/C26H31NO2/c1-17-15-19-16-20(28)3-4-21(19)22-6-10-25(2)23(24(17)22)7-12-26(25,29)11-5-18-8-13-27-14-9-18/h8-9,13-14,16-17,21-24,29H,3-4,6-7,10,12,15H2,1-2H3/t17-,21-,22-,23+,24+,25-,26?/m0/s1. The molecule has 0 aliphatic heterocycles. The van der Waals surface area contributed by atoms with Gasteiger partial charge in [0.1, 0.15) is 5.60 Å². The number of allylic oxidation sites excluding steroid dienone is 1. The van der Waals surface area contributed by atoms with Crippen LogP contribution in [0.5, 0.6) is 0 Å². The van der Waals surface area contributed by atoms with E-state index in [0.29, 0.717) is 35.4 Å². The number of ketones is 1. The van der Waals surface area contributed by atoms with E-state index in [4.69, 9.17) is 0 Å². The molecule has 4 aliphatic carbocycles. The Morgan fingerprint density at radius 3 is 2.76 bits per heavy atom. The Morgan fingerprint density at radius 1 is 1.17 bits per heavy atom. The van der Waals surface area contributed by atoms with Gasteiger partial charge in [-0.3, -0.25) is 9.78 Å². The number of carbonyl (C=O) groups is 1. The number of pyridine rings is 1. The monoisotopic (exact) mass is 389 g/mol. The molecule has 1 heterocycles. The van der Waals surface area contributed by atoms with Gasteiger partial charge in [0.15, 0.2) is 5.78 Å². The second kappa shape index (κ2) is 6.81. The van der Waals surface area contributed by atoms with Crippen LogP contribution in [0.1, 0.15) is 64.4 Å². The fourth-order valence-corrected chi connectivity index (χ4v) is 7.42. The molecule has 3 saturated carbocycles. The maximum Gasteiger partial charge on any atom is 0.155 e. The molecule has 1 N–H and O–H groups in total. The predicted octanol–water partition coefficient (Wildman–Crippen LogP) is 4.55. The summed E-state index contributed by atoms with van der Waals surface area (Å²) >= 11 is 0. The van der Waals surface area contributed by atoms with Crippen LogP contribution in [0.3, 0.4) is 0 Å². The number of fused-ring (bicyclic) bond motifs is 5. The molecule has 0 spiro atoms. The second-order valence-electron chi connectivity index (χ2n) is 10.2. The van der Waals surface area contributed by atoms with Crippen molar-refractivity contribution in [1.82, 2.24) is 4.98 Å². The van der Waals surface area contributed by atoms with Gasteiger partial charge in [-0.05, 0) is 86.3 Å². The summed E-state index contributed by atoms with van der Waals surface area (Å²) < 4.78 is 0. The van der Waals surface area contributed by atoms with Gasteiger partial charge in [0.25, 0.3) is 0 Å². The Morgan fingerprint density at radius 2 is 1.97 bits per heavy atom. The van der Waals surface area contributed by atoms with Crippen LogP contribution in [-0.2, 0) is 4.79 Å². The summed E-state index contributed by atoms with van der Waals surface area (Å²) in [5, 5.41) is 11.7. The third-order valence-electron chi connectivity index (χ3n) is 8.89. The number of aromatic nitrogens is 1. The van der Waals surface area contributed by atoms with Crippen molar-refractivity contribution < 1.29 is 9.90 Å². The average molecular weight is 390 g/mol. The lowest BCUT2D eigenvalue weighted by molar-refractivity contribution is -0.117. The van der Waals surface area contributed by atoms with Crippen LogP contribution in [-0.4, -0.2) is 21.5 Å². The molecular formula is C26H31NO2. The van der Waals surface area contributed by atoms with Crippen LogP contribution in [0.4, 0.5) is 0 Å². The zero-order valence-corrected chi connectivity index (χ0v) is 17.5. The van der Waals surface area contributed by atoms with Crippen molar-refractivity contribution in [2.75, 3.05) is 0 Å². The number of hydrogen-bond donors (Lipinski definition) is 1. The maximum absolute atomic E-state index is 12.0. The summed E-state index contributed by atoms with van der Waals surface area (Å²) in [4.78, 5) is 16.0. The molecule has 0 radical (unpaired) electrons. The normalized spacial score (nSPS) is 43.3. The Labute approximate surface area is 174 Å². The first-order chi connectivity index (χ1) is 13.9. The lowest BCUT2D eigenvalue weighted by Crippen LogP contribution is -2.54. The van der Waals surface area contributed by atoms with Crippen LogP contribution in [0.2, 0.25) is 0 Å². The molecule has 1 aromatic rings. The third-order valence-corrected chi connectivity index (χ3v) is 8.89. The van der Waals surface area contributed by atoms with Crippen molar-refractivity contribution in [2.45, 2.75) is 64.4 Å². The van der Waals surface area contributed by atoms with E-state index < -0.39 is 5.60 Å². The van der Waals surface area contributed by atoms with E-state index in [-0.39, 0.29) is 5.41 Å². The highest BCUT2D eigenvalue weighted by Crippen LogP contribution is 2.65. The highest BCUT2D eigenvalue weighted by Gasteiger charge is 2.63. The zero-order valence-electron chi connectivity index (χ0n) is 17.5. The summed E-state index contributed by atoms with van der Waals surface area (Å²) in [7, 11) is 0. The van der Waals surface area contributed by atoms with Gasteiger partial charge in [-0.1, -0.05) is 31.3 Å². The molecule has 3 fully saturated rings. The molecule has 7 atom stereocenters. The summed E-state index contributed by atoms with van der Waals surface area (Å²) in [5.41, 5.74) is 1.28. The zero-order chi connectivity index (χ0) is 20.2. The first kappa shape index (κ1) is 19.1. The molecule has 0 saturated heterocycles. The van der Waals surface area contributed by atoms with Crippen molar-refractivity contribution in [3.05, 3.63) is 41.7 Å². The molecular weight excluding hydrogens is 358 g/mol. The van der Waals surface area contributed by atoms with E-state index in [9.17, 15) is 9.90 Å². The summed E-state index contributed by atoms with van der Waals surface area (Å²) in [5.74, 6) is 9.87. The first-order valence-electron chi connectivity index (χ1n) is 11.3. The SMILES string of the molecule is C[C@H]1CC2=CC(=O)CC[C@@H]2[C@@H]2CC[C@@]3(C)[C@H](CCC3(O)C#Cc3ccncc3)[C@@H]21. The van der Waals surface area contributed by atoms with Crippen molar-refractivity contribution >= 4 is 5.78 Å². The van der Waals surface area contributed by atoms with Crippen LogP contribution in [0.25, 0.3) is 0 Å². The molecule has 29 heavy (non-hydrogen) atoms. The van der Waals surface area contributed by atoms with Gasteiger partial charge in [0.05, 0.1) is 0 Å². The van der Waals surface area contributed by atoms with Crippen molar-refractivity contribution in [3.63, 3.8) is 0 Å². The van der Waals surface area contributed by atoms with Crippen molar-refractivity contribution in [2.24, 2.45) is 35.0 Å². The Bertz CT molecular complexity index is 910. The topological polar surface area (TPSA) is 50.2 Å². The summed E-state index contributed by atoms with van der Waals surface area (Å²) in [6.07, 6.45) is 12.3. The van der Waals surface area contributed by atoms with E-state index in [1.165, 1.54) is 5.57 Å². The second-order valence-corrected chi connectivity index (χ2v) is 10.2. The Kier molecular flexibility index (Phi) is 4.48. The number of hydrogen-bond acceptors (Lipinski definition) is 3.